The molecule has 0 radical (unpaired) electrons. The summed E-state index contributed by atoms with van der Waals surface area (Å²) in [4.78, 5) is 16.6. The first-order chi connectivity index (χ1) is 21.8. The Morgan fingerprint density at radius 2 is 1.02 bits per heavy atom. The average molecular weight is 563 g/mol. The molecular weight excluding hydrogens is 536 g/mol. The number of benzene rings is 5. The van der Waals surface area contributed by atoms with Crippen LogP contribution in [0, 0.1) is 0 Å². The summed E-state index contributed by atoms with van der Waals surface area (Å²) in [5, 5.41) is 2.35. The van der Waals surface area contributed by atoms with Gasteiger partial charge in [0.05, 0.1) is 33.8 Å². The molecule has 44 heavy (non-hydrogen) atoms. The zero-order valence-electron chi connectivity index (χ0n) is 23.8. The van der Waals surface area contributed by atoms with Gasteiger partial charge in [-0.3, -0.25) is 4.90 Å². The van der Waals surface area contributed by atoms with Gasteiger partial charge in [0.15, 0.2) is 0 Å². The number of aromatic amines is 1. The molecule has 0 fully saturated rings. The molecule has 8 aromatic rings. The minimum Gasteiger partial charge on any atom is -0.353 e. The molecule has 5 aromatic carbocycles. The molecule has 4 heteroatoms. The highest BCUT2D eigenvalue weighted by Gasteiger charge is 2.21. The van der Waals surface area contributed by atoms with E-state index in [4.69, 9.17) is 9.97 Å². The van der Waals surface area contributed by atoms with Crippen molar-refractivity contribution in [2.24, 2.45) is 0 Å². The first-order valence-corrected chi connectivity index (χ1v) is 14.9. The van der Waals surface area contributed by atoms with Crippen LogP contribution in [0.2, 0.25) is 0 Å². The molecule has 0 aliphatic carbocycles. The number of hydrogen-bond acceptors (Lipinski definition) is 3. The van der Waals surface area contributed by atoms with Crippen LogP contribution in [-0.2, 0) is 0 Å². The van der Waals surface area contributed by atoms with Gasteiger partial charge in [-0.2, -0.15) is 0 Å². The number of nitrogens with zero attached hydrogens (tertiary/aromatic N) is 3. The fourth-order valence-corrected chi connectivity index (χ4v) is 6.55. The number of pyridine rings is 2. The fourth-order valence-electron chi connectivity index (χ4n) is 6.55. The van der Waals surface area contributed by atoms with Gasteiger partial charge in [0.25, 0.3) is 0 Å². The lowest BCUT2D eigenvalue weighted by Gasteiger charge is -2.27. The van der Waals surface area contributed by atoms with Crippen molar-refractivity contribution in [1.82, 2.24) is 15.0 Å². The van der Waals surface area contributed by atoms with Crippen molar-refractivity contribution in [2.45, 2.75) is 0 Å². The van der Waals surface area contributed by atoms with E-state index in [1.165, 1.54) is 10.8 Å². The number of rotatable bonds is 2. The second kappa shape index (κ2) is 9.79. The van der Waals surface area contributed by atoms with Crippen molar-refractivity contribution in [3.63, 3.8) is 0 Å². The van der Waals surface area contributed by atoms with E-state index in [1.807, 2.05) is 0 Å². The standard InChI is InChI=1S/C40H26N4/c1-2-11-26(12-3-1)29-15-4-5-23-37(29)44-28-14-6-13-27(25-28)34-20-9-21-35(41-34)32-18-7-16-30-31-17-8-19-33(40(31)43-39(30)32)36-22-10-24-38(44)42-36/h1-25,43H. The van der Waals surface area contributed by atoms with Crippen molar-refractivity contribution in [3.05, 3.63) is 152 Å². The molecule has 4 heterocycles. The first kappa shape index (κ1) is 24.6. The third-order valence-corrected chi connectivity index (χ3v) is 8.56. The highest BCUT2D eigenvalue weighted by atomic mass is 15.2. The predicted octanol–water partition coefficient (Wildman–Crippen LogP) is 10.6. The molecule has 0 saturated heterocycles. The van der Waals surface area contributed by atoms with E-state index in [9.17, 15) is 0 Å². The molecule has 0 unspecified atom stereocenters. The summed E-state index contributed by atoms with van der Waals surface area (Å²) in [6.07, 6.45) is 0. The molecule has 1 N–H and O–H groups in total. The third kappa shape index (κ3) is 3.85. The van der Waals surface area contributed by atoms with E-state index in [2.05, 4.69) is 162 Å². The topological polar surface area (TPSA) is 44.8 Å². The quantitative estimate of drug-likeness (QED) is 0.228. The third-order valence-electron chi connectivity index (χ3n) is 8.56. The number of fused-ring (bicyclic) bond motifs is 10. The molecule has 3 aromatic heterocycles. The Hall–Kier alpha value is -6.00. The number of H-pyrrole nitrogens is 1. The van der Waals surface area contributed by atoms with Gasteiger partial charge in [-0.15, -0.1) is 0 Å². The van der Waals surface area contributed by atoms with Crippen molar-refractivity contribution >= 4 is 39.0 Å². The summed E-state index contributed by atoms with van der Waals surface area (Å²) in [6, 6.07) is 53.2. The van der Waals surface area contributed by atoms with E-state index in [0.717, 1.165) is 73.1 Å². The van der Waals surface area contributed by atoms with E-state index in [-0.39, 0.29) is 0 Å². The molecule has 206 valence electrons. The van der Waals surface area contributed by atoms with Gasteiger partial charge in [0.2, 0.25) is 0 Å². The van der Waals surface area contributed by atoms with Gasteiger partial charge in [-0.05, 0) is 48.0 Å². The van der Waals surface area contributed by atoms with Gasteiger partial charge < -0.3 is 4.98 Å². The number of anilines is 3. The minimum atomic E-state index is 0.841. The van der Waals surface area contributed by atoms with Crippen LogP contribution < -0.4 is 4.90 Å². The SMILES string of the molecule is c1ccc(-c2ccccc2N2c3cccc(c3)-c3cccc(n3)-c3cccc4c3[nH]c3c(cccc34)-c3cccc2n3)cc1. The van der Waals surface area contributed by atoms with E-state index >= 15 is 0 Å². The average Bonchev–Trinajstić information content (AvgIpc) is 3.48. The van der Waals surface area contributed by atoms with E-state index in [1.54, 1.807) is 0 Å². The van der Waals surface area contributed by atoms with Gasteiger partial charge in [-0.1, -0.05) is 109 Å². The Labute approximate surface area is 254 Å². The summed E-state index contributed by atoms with van der Waals surface area (Å²) < 4.78 is 0. The number of para-hydroxylation sites is 3. The van der Waals surface area contributed by atoms with Gasteiger partial charge in [0.1, 0.15) is 5.82 Å². The van der Waals surface area contributed by atoms with Gasteiger partial charge >= 0.3 is 0 Å². The molecule has 0 atom stereocenters. The maximum absolute atomic E-state index is 5.36. The largest absolute Gasteiger partial charge is 0.353 e. The number of nitrogens with one attached hydrogen (secondary N) is 1. The Bertz CT molecular complexity index is 2350. The number of hydrogen-bond donors (Lipinski definition) is 1. The molecule has 0 spiro atoms. The summed E-state index contributed by atoms with van der Waals surface area (Å²) in [7, 11) is 0. The van der Waals surface area contributed by atoms with E-state index in [0.29, 0.717) is 0 Å². The molecule has 0 saturated carbocycles. The molecule has 8 bridgehead atoms. The van der Waals surface area contributed by atoms with Crippen molar-refractivity contribution in [2.75, 3.05) is 4.90 Å². The molecule has 0 amide bonds. The van der Waals surface area contributed by atoms with Crippen LogP contribution >= 0.6 is 0 Å². The zero-order chi connectivity index (χ0) is 29.0. The van der Waals surface area contributed by atoms with Crippen molar-refractivity contribution in [1.29, 1.82) is 0 Å². The Kier molecular flexibility index (Phi) is 5.47. The minimum absolute atomic E-state index is 0.841. The number of aromatic nitrogens is 3. The lowest BCUT2D eigenvalue weighted by Crippen LogP contribution is -2.13. The summed E-state index contributed by atoms with van der Waals surface area (Å²) in [5.41, 5.74) is 12.5. The van der Waals surface area contributed by atoms with E-state index < -0.39 is 0 Å². The zero-order valence-corrected chi connectivity index (χ0v) is 23.8. The second-order valence-corrected chi connectivity index (χ2v) is 11.1. The van der Waals surface area contributed by atoms with Gasteiger partial charge in [0, 0.05) is 38.7 Å². The lowest BCUT2D eigenvalue weighted by molar-refractivity contribution is 1.18. The molecule has 4 nitrogen and oxygen atoms in total. The Morgan fingerprint density at radius 1 is 0.432 bits per heavy atom. The fraction of sp³-hybridized carbons (Fsp3) is 0. The van der Waals surface area contributed by atoms with Crippen LogP contribution in [0.4, 0.5) is 17.2 Å². The smallest absolute Gasteiger partial charge is 0.138 e. The van der Waals surface area contributed by atoms with Crippen LogP contribution in [0.5, 0.6) is 0 Å². The van der Waals surface area contributed by atoms with Crippen LogP contribution in [0.3, 0.4) is 0 Å². The Balaban J connectivity index is 1.39. The lowest BCUT2D eigenvalue weighted by atomic mass is 10.0. The van der Waals surface area contributed by atoms with Crippen LogP contribution in [0.15, 0.2) is 152 Å². The second-order valence-electron chi connectivity index (χ2n) is 11.1. The summed E-state index contributed by atoms with van der Waals surface area (Å²) in [5.74, 6) is 0.841. The first-order valence-electron chi connectivity index (χ1n) is 14.9. The summed E-state index contributed by atoms with van der Waals surface area (Å²) >= 11 is 0. The predicted molar refractivity (Wildman–Crippen MR) is 181 cm³/mol. The highest BCUT2D eigenvalue weighted by molar-refractivity contribution is 6.15. The van der Waals surface area contributed by atoms with Gasteiger partial charge in [-0.25, -0.2) is 9.97 Å². The maximum atomic E-state index is 5.36. The monoisotopic (exact) mass is 562 g/mol. The maximum Gasteiger partial charge on any atom is 0.138 e. The van der Waals surface area contributed by atoms with Crippen LogP contribution in [0.1, 0.15) is 0 Å². The van der Waals surface area contributed by atoms with Crippen LogP contribution in [0.25, 0.3) is 66.7 Å². The normalized spacial score (nSPS) is 12.0. The van der Waals surface area contributed by atoms with Crippen molar-refractivity contribution < 1.29 is 0 Å². The van der Waals surface area contributed by atoms with Crippen LogP contribution in [-0.4, -0.2) is 15.0 Å². The Morgan fingerprint density at radius 3 is 1.82 bits per heavy atom. The molecule has 1 aliphatic heterocycles. The highest BCUT2D eigenvalue weighted by Crippen LogP contribution is 2.43. The summed E-state index contributed by atoms with van der Waals surface area (Å²) in [6.45, 7) is 0. The van der Waals surface area contributed by atoms with Crippen molar-refractivity contribution in [3.8, 4) is 44.9 Å². The molecular formula is C40H26N4. The molecule has 9 rings (SSSR count). The molecule has 1 aliphatic rings.